The first-order valence-corrected chi connectivity index (χ1v) is 11.8. The van der Waals surface area contributed by atoms with E-state index in [9.17, 15) is 34.4 Å². The fraction of sp³-hybridized carbons (Fsp3) is 0.565. The van der Waals surface area contributed by atoms with E-state index < -0.39 is 53.4 Å². The van der Waals surface area contributed by atoms with Gasteiger partial charge in [-0.3, -0.25) is 29.3 Å². The molecule has 0 bridgehead atoms. The molecule has 1 aromatic rings. The van der Waals surface area contributed by atoms with Gasteiger partial charge in [0.05, 0.1) is 23.6 Å². The summed E-state index contributed by atoms with van der Waals surface area (Å²) in [5, 5.41) is 28.0. The van der Waals surface area contributed by atoms with Gasteiger partial charge in [-0.05, 0) is 44.2 Å². The smallest absolute Gasteiger partial charge is 0.269 e. The Labute approximate surface area is 208 Å². The number of aliphatic hydroxyl groups excluding tert-OH is 1. The topological polar surface area (TPSA) is 197 Å². The average Bonchev–Trinajstić information content (AvgIpc) is 3.30. The Balaban J connectivity index is 1.91. The molecule has 1 aliphatic rings. The van der Waals surface area contributed by atoms with E-state index in [0.29, 0.717) is 25.8 Å². The summed E-state index contributed by atoms with van der Waals surface area (Å²) in [6.45, 7) is 5.14. The third-order valence-corrected chi connectivity index (χ3v) is 5.73. The molecule has 6 N–H and O–H groups in total. The highest BCUT2D eigenvalue weighted by molar-refractivity contribution is 5.98. The zero-order valence-electron chi connectivity index (χ0n) is 20.6. The fourth-order valence-electron chi connectivity index (χ4n) is 3.93. The molecule has 4 atom stereocenters. The number of likely N-dealkylation sites (tertiary alicyclic amines) is 1. The summed E-state index contributed by atoms with van der Waals surface area (Å²) in [5.41, 5.74) is 6.07. The Kier molecular flexibility index (Phi) is 10.3. The summed E-state index contributed by atoms with van der Waals surface area (Å²) in [5.74, 6) is -2.05. The number of carbonyl (C=O) groups is 4. The molecule has 0 aliphatic carbocycles. The molecule has 198 valence electrons. The number of benzene rings is 1. The molecule has 1 fully saturated rings. The van der Waals surface area contributed by atoms with Crippen LogP contribution < -0.4 is 21.7 Å². The van der Waals surface area contributed by atoms with Crippen LogP contribution in [0.5, 0.6) is 0 Å². The molecule has 1 aliphatic heterocycles. The van der Waals surface area contributed by atoms with Crippen LogP contribution in [0.3, 0.4) is 0 Å². The minimum atomic E-state index is -1.34. The summed E-state index contributed by atoms with van der Waals surface area (Å²) in [6, 6.07) is 2.26. The predicted molar refractivity (Wildman–Crippen MR) is 131 cm³/mol. The van der Waals surface area contributed by atoms with Gasteiger partial charge in [-0.2, -0.15) is 0 Å². The van der Waals surface area contributed by atoms with Crippen molar-refractivity contribution < 1.29 is 29.2 Å². The van der Waals surface area contributed by atoms with Gasteiger partial charge in [0.2, 0.25) is 23.6 Å². The quantitative estimate of drug-likeness (QED) is 0.202. The molecule has 0 radical (unpaired) electrons. The second-order valence-electron chi connectivity index (χ2n) is 9.22. The van der Waals surface area contributed by atoms with Crippen LogP contribution in [0.4, 0.5) is 11.4 Å². The largest absolute Gasteiger partial charge is 0.391 e. The maximum Gasteiger partial charge on any atom is 0.269 e. The summed E-state index contributed by atoms with van der Waals surface area (Å²) in [4.78, 5) is 61.9. The van der Waals surface area contributed by atoms with Crippen LogP contribution in [0, 0.1) is 16.0 Å². The van der Waals surface area contributed by atoms with Crippen molar-refractivity contribution in [1.82, 2.24) is 15.5 Å². The van der Waals surface area contributed by atoms with Crippen LogP contribution in [-0.2, 0) is 19.2 Å². The number of amides is 4. The number of hydrogen-bond donors (Lipinski definition) is 5. The monoisotopic (exact) mass is 506 g/mol. The van der Waals surface area contributed by atoms with Gasteiger partial charge in [-0.15, -0.1) is 0 Å². The first-order chi connectivity index (χ1) is 16.9. The maximum absolute atomic E-state index is 12.7. The Morgan fingerprint density at radius 1 is 1.19 bits per heavy atom. The van der Waals surface area contributed by atoms with Crippen molar-refractivity contribution in [2.75, 3.05) is 18.4 Å². The third-order valence-electron chi connectivity index (χ3n) is 5.73. The van der Waals surface area contributed by atoms with E-state index in [0.717, 1.165) is 0 Å². The highest BCUT2D eigenvalue weighted by Gasteiger charge is 2.36. The summed E-state index contributed by atoms with van der Waals surface area (Å²) in [7, 11) is 0. The van der Waals surface area contributed by atoms with Crippen molar-refractivity contribution in [2.24, 2.45) is 11.7 Å². The number of hydrogen-bond acceptors (Lipinski definition) is 8. The zero-order chi connectivity index (χ0) is 27.0. The third kappa shape index (κ3) is 7.99. The first-order valence-electron chi connectivity index (χ1n) is 11.8. The number of non-ortho nitro benzene ring substituents is 1. The maximum atomic E-state index is 12.7. The molecular weight excluding hydrogens is 472 g/mol. The van der Waals surface area contributed by atoms with Crippen molar-refractivity contribution in [1.29, 1.82) is 0 Å². The molecule has 2 rings (SSSR count). The van der Waals surface area contributed by atoms with Crippen molar-refractivity contribution >= 4 is 35.0 Å². The van der Waals surface area contributed by atoms with Gasteiger partial charge >= 0.3 is 0 Å². The van der Waals surface area contributed by atoms with E-state index in [-0.39, 0.29) is 23.2 Å². The molecule has 0 aromatic heterocycles. The van der Waals surface area contributed by atoms with E-state index in [1.165, 1.54) is 36.1 Å². The van der Waals surface area contributed by atoms with Crippen LogP contribution in [0.15, 0.2) is 24.3 Å². The van der Waals surface area contributed by atoms with Crippen molar-refractivity contribution in [2.45, 2.75) is 64.3 Å². The predicted octanol–water partition coefficient (Wildman–Crippen LogP) is -0.120. The van der Waals surface area contributed by atoms with Gasteiger partial charge in [0.1, 0.15) is 12.1 Å². The molecule has 1 aromatic carbocycles. The second kappa shape index (κ2) is 12.9. The molecule has 0 unspecified atom stereocenters. The highest BCUT2D eigenvalue weighted by atomic mass is 16.6. The number of rotatable bonds is 11. The van der Waals surface area contributed by atoms with Crippen LogP contribution in [0.1, 0.15) is 40.0 Å². The Morgan fingerprint density at radius 2 is 1.83 bits per heavy atom. The Hall–Kier alpha value is -3.58. The second-order valence-corrected chi connectivity index (χ2v) is 9.22. The Morgan fingerprint density at radius 3 is 2.39 bits per heavy atom. The van der Waals surface area contributed by atoms with Gasteiger partial charge in [0, 0.05) is 24.4 Å². The van der Waals surface area contributed by atoms with Gasteiger partial charge in [-0.25, -0.2) is 0 Å². The number of nitrogens with two attached hydrogens (primary N) is 1. The molecule has 36 heavy (non-hydrogen) atoms. The average molecular weight is 507 g/mol. The van der Waals surface area contributed by atoms with E-state index in [1.54, 1.807) is 0 Å². The normalized spacial score (nSPS) is 17.7. The SMILES string of the molecule is CC(C)C[C@H](N)C(=O)N1CCC[C@H]1C(=O)NCC(=O)N[C@H](C(=O)Nc1ccc([N+](=O)[O-])cc1)[C@@H](C)O. The Bertz CT molecular complexity index is 966. The molecule has 4 amide bonds. The minimum Gasteiger partial charge on any atom is -0.391 e. The number of carbonyl (C=O) groups excluding carboxylic acids is 4. The van der Waals surface area contributed by atoms with Crippen LogP contribution >= 0.6 is 0 Å². The number of nitrogens with zero attached hydrogens (tertiary/aromatic N) is 2. The lowest BCUT2D eigenvalue weighted by Gasteiger charge is -2.27. The van der Waals surface area contributed by atoms with Gasteiger partial charge in [0.25, 0.3) is 5.69 Å². The lowest BCUT2D eigenvalue weighted by molar-refractivity contribution is -0.384. The number of aliphatic hydroxyl groups is 1. The van der Waals surface area contributed by atoms with Gasteiger partial charge in [0.15, 0.2) is 0 Å². The number of nitro benzene ring substituents is 1. The van der Waals surface area contributed by atoms with Crippen molar-refractivity contribution in [3.05, 3.63) is 34.4 Å². The molecule has 1 heterocycles. The lowest BCUT2D eigenvalue weighted by atomic mass is 10.0. The summed E-state index contributed by atoms with van der Waals surface area (Å²) in [6.07, 6.45) is 0.307. The summed E-state index contributed by atoms with van der Waals surface area (Å²) < 4.78 is 0. The van der Waals surface area contributed by atoms with Crippen molar-refractivity contribution in [3.63, 3.8) is 0 Å². The highest BCUT2D eigenvalue weighted by Crippen LogP contribution is 2.20. The first kappa shape index (κ1) is 28.7. The number of nitrogens with one attached hydrogen (secondary N) is 3. The number of nitro groups is 1. The molecule has 13 nitrogen and oxygen atoms in total. The molecule has 0 spiro atoms. The zero-order valence-corrected chi connectivity index (χ0v) is 20.6. The van der Waals surface area contributed by atoms with E-state index >= 15 is 0 Å². The summed E-state index contributed by atoms with van der Waals surface area (Å²) >= 11 is 0. The van der Waals surface area contributed by atoms with Crippen LogP contribution in [0.2, 0.25) is 0 Å². The molecule has 0 saturated carbocycles. The van der Waals surface area contributed by atoms with E-state index in [1.807, 2.05) is 13.8 Å². The van der Waals surface area contributed by atoms with E-state index in [4.69, 9.17) is 5.73 Å². The lowest BCUT2D eigenvalue weighted by Crippen LogP contribution is -2.55. The van der Waals surface area contributed by atoms with Crippen LogP contribution in [0.25, 0.3) is 0 Å². The standard InChI is InChI=1S/C23H34N6O7/c1-13(2)11-17(24)23(34)28-10-4-5-18(28)21(32)25-12-19(31)27-20(14(3)30)22(33)26-15-6-8-16(9-7-15)29(35)36/h6-9,13-14,17-18,20,30H,4-5,10-12,24H2,1-3H3,(H,25,32)(H,26,33)(H,27,31)/t14-,17+,18+,20+/m1/s1. The number of anilines is 1. The van der Waals surface area contributed by atoms with Gasteiger partial charge < -0.3 is 31.7 Å². The molecular formula is C23H34N6O7. The van der Waals surface area contributed by atoms with Crippen LogP contribution in [-0.4, -0.2) is 75.9 Å². The van der Waals surface area contributed by atoms with E-state index in [2.05, 4.69) is 16.0 Å². The molecule has 13 heteroatoms. The van der Waals surface area contributed by atoms with Crippen molar-refractivity contribution in [3.8, 4) is 0 Å². The minimum absolute atomic E-state index is 0.159. The van der Waals surface area contributed by atoms with Gasteiger partial charge in [-0.1, -0.05) is 13.8 Å². The molecule has 1 saturated heterocycles. The fourth-order valence-corrected chi connectivity index (χ4v) is 3.93.